The molecule has 0 saturated heterocycles. The Morgan fingerprint density at radius 2 is 1.86 bits per heavy atom. The summed E-state index contributed by atoms with van der Waals surface area (Å²) in [5.41, 5.74) is 6.40. The Morgan fingerprint density at radius 1 is 1.09 bits per heavy atom. The maximum Gasteiger partial charge on any atom is -0.00463 e. The van der Waals surface area contributed by atoms with Gasteiger partial charge in [-0.25, -0.2) is 0 Å². The lowest BCUT2D eigenvalue weighted by atomic mass is 9.68. The van der Waals surface area contributed by atoms with Crippen LogP contribution in [0.25, 0.3) is 0 Å². The highest BCUT2D eigenvalue weighted by Gasteiger charge is 2.49. The Morgan fingerprint density at radius 3 is 2.59 bits per heavy atom. The summed E-state index contributed by atoms with van der Waals surface area (Å²) in [7, 11) is 0. The molecule has 1 aromatic rings. The van der Waals surface area contributed by atoms with Gasteiger partial charge in [0.2, 0.25) is 0 Å². The number of fused-ring (bicyclic) bond motifs is 1. The lowest BCUT2D eigenvalue weighted by Gasteiger charge is -2.36. The summed E-state index contributed by atoms with van der Waals surface area (Å²) in [5, 5.41) is 0. The molecule has 2 aliphatic rings. The van der Waals surface area contributed by atoms with Gasteiger partial charge in [0.1, 0.15) is 0 Å². The summed E-state index contributed by atoms with van der Waals surface area (Å²) in [4.78, 5) is 0. The van der Waals surface area contributed by atoms with Crippen LogP contribution in [-0.4, -0.2) is 0 Å². The van der Waals surface area contributed by atoms with Crippen LogP contribution in [0.5, 0.6) is 0 Å². The van der Waals surface area contributed by atoms with Crippen LogP contribution < -0.4 is 0 Å². The average molecular weight is 294 g/mol. The minimum absolute atomic E-state index is 0.348. The third-order valence-corrected chi connectivity index (χ3v) is 6.60. The summed E-state index contributed by atoms with van der Waals surface area (Å²) < 4.78 is 0. The number of aryl methyl sites for hydroxylation is 1. The number of hydrogen-bond acceptors (Lipinski definition) is 0. The first kappa shape index (κ1) is 15.6. The molecule has 0 aromatic heterocycles. The smallest absolute Gasteiger partial charge is 0.00463 e. The summed E-state index contributed by atoms with van der Waals surface area (Å²) >= 11 is 0. The zero-order valence-corrected chi connectivity index (χ0v) is 14.8. The lowest BCUT2D eigenvalue weighted by Crippen LogP contribution is -2.28. The second-order valence-corrected chi connectivity index (χ2v) is 7.68. The van der Waals surface area contributed by atoms with Crippen LogP contribution in [0.3, 0.4) is 0 Å². The molecular weight excluding hydrogens is 264 g/mol. The average Bonchev–Trinajstić information content (AvgIpc) is 2.79. The molecule has 0 bridgehead atoms. The highest BCUT2D eigenvalue weighted by Crippen LogP contribution is 2.59. The van der Waals surface area contributed by atoms with Gasteiger partial charge in [0, 0.05) is 0 Å². The van der Waals surface area contributed by atoms with E-state index in [9.17, 15) is 0 Å². The highest BCUT2D eigenvalue weighted by molar-refractivity contribution is 5.42. The SMILES string of the molecule is CCCC1C(c2ccc(C)c(C)c2C)CC2C=CC=CC21C. The van der Waals surface area contributed by atoms with Crippen molar-refractivity contribution >= 4 is 0 Å². The van der Waals surface area contributed by atoms with Crippen molar-refractivity contribution in [2.24, 2.45) is 17.3 Å². The molecular formula is C22H30. The van der Waals surface area contributed by atoms with Crippen molar-refractivity contribution in [3.8, 4) is 0 Å². The number of benzene rings is 1. The maximum absolute atomic E-state index is 2.49. The zero-order valence-electron chi connectivity index (χ0n) is 14.8. The third-order valence-electron chi connectivity index (χ3n) is 6.60. The van der Waals surface area contributed by atoms with Gasteiger partial charge in [-0.05, 0) is 79.0 Å². The molecule has 0 heterocycles. The summed E-state index contributed by atoms with van der Waals surface area (Å²) in [5.74, 6) is 2.19. The van der Waals surface area contributed by atoms with Gasteiger partial charge in [-0.1, -0.05) is 56.7 Å². The second-order valence-electron chi connectivity index (χ2n) is 7.68. The predicted molar refractivity (Wildman–Crippen MR) is 96.3 cm³/mol. The number of rotatable bonds is 3. The second kappa shape index (κ2) is 5.72. The van der Waals surface area contributed by atoms with E-state index in [1.807, 2.05) is 0 Å². The van der Waals surface area contributed by atoms with Crippen molar-refractivity contribution in [1.29, 1.82) is 0 Å². The van der Waals surface area contributed by atoms with Crippen molar-refractivity contribution in [1.82, 2.24) is 0 Å². The Kier molecular flexibility index (Phi) is 4.05. The Bertz CT molecular complexity index is 619. The molecule has 4 unspecified atom stereocenters. The van der Waals surface area contributed by atoms with E-state index in [2.05, 4.69) is 71.1 Å². The predicted octanol–water partition coefficient (Wildman–Crippen LogP) is 6.26. The van der Waals surface area contributed by atoms with E-state index in [0.29, 0.717) is 17.3 Å². The Balaban J connectivity index is 2.05. The van der Waals surface area contributed by atoms with E-state index in [4.69, 9.17) is 0 Å². The van der Waals surface area contributed by atoms with Crippen LogP contribution in [0.15, 0.2) is 36.4 Å². The Labute approximate surface area is 136 Å². The number of allylic oxidation sites excluding steroid dienone is 4. The molecule has 4 atom stereocenters. The van der Waals surface area contributed by atoms with Crippen LogP contribution >= 0.6 is 0 Å². The molecule has 0 nitrogen and oxygen atoms in total. The van der Waals surface area contributed by atoms with E-state index in [-0.39, 0.29) is 0 Å². The summed E-state index contributed by atoms with van der Waals surface area (Å²) in [6, 6.07) is 4.75. The molecule has 0 amide bonds. The molecule has 118 valence electrons. The molecule has 1 aromatic carbocycles. The van der Waals surface area contributed by atoms with Crippen molar-refractivity contribution < 1.29 is 0 Å². The highest BCUT2D eigenvalue weighted by atomic mass is 14.5. The van der Waals surface area contributed by atoms with E-state index in [1.54, 1.807) is 5.56 Å². The van der Waals surface area contributed by atoms with Gasteiger partial charge in [-0.3, -0.25) is 0 Å². The van der Waals surface area contributed by atoms with Crippen molar-refractivity contribution in [3.05, 3.63) is 58.7 Å². The Hall–Kier alpha value is -1.30. The molecule has 0 spiro atoms. The van der Waals surface area contributed by atoms with Crippen LogP contribution in [0.1, 0.15) is 61.3 Å². The molecule has 0 aliphatic heterocycles. The largest absolute Gasteiger partial charge is 0.0805 e. The fraction of sp³-hybridized carbons (Fsp3) is 0.545. The molecule has 22 heavy (non-hydrogen) atoms. The number of hydrogen-bond donors (Lipinski definition) is 0. The van der Waals surface area contributed by atoms with Crippen LogP contribution in [0.4, 0.5) is 0 Å². The molecule has 1 fully saturated rings. The monoisotopic (exact) mass is 294 g/mol. The van der Waals surface area contributed by atoms with E-state index >= 15 is 0 Å². The van der Waals surface area contributed by atoms with E-state index < -0.39 is 0 Å². The maximum atomic E-state index is 2.49. The first-order valence-corrected chi connectivity index (χ1v) is 8.91. The fourth-order valence-corrected chi connectivity index (χ4v) is 4.94. The molecule has 3 rings (SSSR count). The molecule has 2 aliphatic carbocycles. The molecule has 0 heteroatoms. The summed E-state index contributed by atoms with van der Waals surface area (Å²) in [6.45, 7) is 11.7. The minimum Gasteiger partial charge on any atom is -0.0805 e. The minimum atomic E-state index is 0.348. The van der Waals surface area contributed by atoms with Gasteiger partial charge in [-0.15, -0.1) is 0 Å². The fourth-order valence-electron chi connectivity index (χ4n) is 4.94. The van der Waals surface area contributed by atoms with Crippen molar-refractivity contribution in [2.45, 2.75) is 59.8 Å². The normalized spacial score (nSPS) is 33.2. The third kappa shape index (κ3) is 2.28. The topological polar surface area (TPSA) is 0 Å². The molecule has 0 radical (unpaired) electrons. The lowest BCUT2D eigenvalue weighted by molar-refractivity contribution is 0.234. The van der Waals surface area contributed by atoms with Gasteiger partial charge in [0.05, 0.1) is 0 Å². The van der Waals surface area contributed by atoms with Crippen molar-refractivity contribution in [2.75, 3.05) is 0 Å². The van der Waals surface area contributed by atoms with Crippen LogP contribution in [0.2, 0.25) is 0 Å². The van der Waals surface area contributed by atoms with E-state index in [0.717, 1.165) is 5.92 Å². The van der Waals surface area contributed by atoms with Gasteiger partial charge < -0.3 is 0 Å². The van der Waals surface area contributed by atoms with Crippen LogP contribution in [-0.2, 0) is 0 Å². The zero-order chi connectivity index (χ0) is 15.9. The van der Waals surface area contributed by atoms with Gasteiger partial charge in [-0.2, -0.15) is 0 Å². The van der Waals surface area contributed by atoms with Gasteiger partial charge in [0.25, 0.3) is 0 Å². The first-order chi connectivity index (χ1) is 10.5. The van der Waals surface area contributed by atoms with Crippen LogP contribution in [0, 0.1) is 38.0 Å². The summed E-state index contributed by atoms with van der Waals surface area (Å²) in [6.07, 6.45) is 13.4. The van der Waals surface area contributed by atoms with E-state index in [1.165, 1.54) is 36.0 Å². The van der Waals surface area contributed by atoms with Gasteiger partial charge in [0.15, 0.2) is 0 Å². The van der Waals surface area contributed by atoms with Crippen molar-refractivity contribution in [3.63, 3.8) is 0 Å². The van der Waals surface area contributed by atoms with Gasteiger partial charge >= 0.3 is 0 Å². The standard InChI is InChI=1S/C22H30/c1-6-9-21-20(14-18-10-7-8-13-22(18,21)5)19-12-11-15(2)16(3)17(19)4/h7-8,10-13,18,20-21H,6,9,14H2,1-5H3. The molecule has 0 N–H and O–H groups in total. The quantitative estimate of drug-likeness (QED) is 0.617. The first-order valence-electron chi connectivity index (χ1n) is 8.91. The molecule has 1 saturated carbocycles.